The van der Waals surface area contributed by atoms with Gasteiger partial charge in [-0.2, -0.15) is 5.10 Å². The van der Waals surface area contributed by atoms with Crippen molar-refractivity contribution in [1.82, 2.24) is 9.78 Å². The molecule has 98 valence electrons. The van der Waals surface area contributed by atoms with Gasteiger partial charge in [-0.1, -0.05) is 30.3 Å². The van der Waals surface area contributed by atoms with Crippen LogP contribution < -0.4 is 0 Å². The summed E-state index contributed by atoms with van der Waals surface area (Å²) in [5, 5.41) is 4.06. The molecular formula is C14H14N2O3. The number of esters is 1. The quantitative estimate of drug-likeness (QED) is 0.620. The van der Waals surface area contributed by atoms with Crippen LogP contribution in [0.2, 0.25) is 0 Å². The fourth-order valence-electron chi connectivity index (χ4n) is 1.74. The van der Waals surface area contributed by atoms with E-state index in [1.807, 2.05) is 6.07 Å². The third-order valence-electron chi connectivity index (χ3n) is 2.58. The lowest BCUT2D eigenvalue weighted by molar-refractivity contribution is 0.0523. The Balaban J connectivity index is 2.40. The summed E-state index contributed by atoms with van der Waals surface area (Å²) in [5.41, 5.74) is 0.803. The molecule has 0 saturated heterocycles. The highest BCUT2D eigenvalue weighted by Gasteiger charge is 2.23. The average molecular weight is 258 g/mol. The van der Waals surface area contributed by atoms with Crippen LogP contribution in [0.5, 0.6) is 0 Å². The fraction of sp³-hybridized carbons (Fsp3) is 0.214. The number of hydrogen-bond acceptors (Lipinski definition) is 4. The summed E-state index contributed by atoms with van der Waals surface area (Å²) in [5.74, 6) is -0.820. The van der Waals surface area contributed by atoms with Gasteiger partial charge in [-0.25, -0.2) is 4.79 Å². The monoisotopic (exact) mass is 258 g/mol. The van der Waals surface area contributed by atoms with Gasteiger partial charge in [-0.05, 0) is 6.92 Å². The molecule has 0 aliphatic rings. The maximum atomic E-state index is 12.3. The van der Waals surface area contributed by atoms with Crippen molar-refractivity contribution in [2.45, 2.75) is 6.92 Å². The lowest BCUT2D eigenvalue weighted by Gasteiger charge is -2.01. The lowest BCUT2D eigenvalue weighted by Crippen LogP contribution is -2.11. The molecular weight excluding hydrogens is 244 g/mol. The molecule has 5 nitrogen and oxygen atoms in total. The van der Waals surface area contributed by atoms with Crippen LogP contribution in [-0.4, -0.2) is 28.1 Å². The molecule has 0 saturated carbocycles. The first-order chi connectivity index (χ1) is 9.13. The van der Waals surface area contributed by atoms with Gasteiger partial charge < -0.3 is 4.74 Å². The molecule has 1 aromatic heterocycles. The number of carbonyl (C=O) groups excluding carboxylic acids is 2. The minimum absolute atomic E-state index is 0.118. The van der Waals surface area contributed by atoms with Crippen LogP contribution in [0.1, 0.15) is 33.3 Å². The van der Waals surface area contributed by atoms with Crippen LogP contribution in [0.15, 0.2) is 36.5 Å². The van der Waals surface area contributed by atoms with Crippen LogP contribution in [0, 0.1) is 0 Å². The van der Waals surface area contributed by atoms with Gasteiger partial charge in [0.15, 0.2) is 0 Å². The predicted octanol–water partition coefficient (Wildman–Crippen LogP) is 1.83. The van der Waals surface area contributed by atoms with Gasteiger partial charge in [0.2, 0.25) is 5.78 Å². The fourth-order valence-corrected chi connectivity index (χ4v) is 1.74. The van der Waals surface area contributed by atoms with E-state index < -0.39 is 5.97 Å². The molecule has 2 rings (SSSR count). The molecule has 0 aliphatic carbocycles. The Hall–Kier alpha value is -2.43. The molecule has 0 amide bonds. The van der Waals surface area contributed by atoms with Crippen molar-refractivity contribution in [3.8, 4) is 0 Å². The number of benzene rings is 1. The molecule has 0 fully saturated rings. The third kappa shape index (κ3) is 2.70. The predicted molar refractivity (Wildman–Crippen MR) is 69.0 cm³/mol. The van der Waals surface area contributed by atoms with Crippen molar-refractivity contribution in [2.24, 2.45) is 7.05 Å². The number of aromatic nitrogens is 2. The van der Waals surface area contributed by atoms with Gasteiger partial charge in [0, 0.05) is 18.8 Å². The van der Waals surface area contributed by atoms with Crippen molar-refractivity contribution in [3.05, 3.63) is 53.3 Å². The van der Waals surface area contributed by atoms with E-state index in [4.69, 9.17) is 4.74 Å². The lowest BCUT2D eigenvalue weighted by atomic mass is 10.1. The van der Waals surface area contributed by atoms with Crippen LogP contribution in [0.4, 0.5) is 0 Å². The molecule has 5 heteroatoms. The Morgan fingerprint density at radius 3 is 2.58 bits per heavy atom. The van der Waals surface area contributed by atoms with Gasteiger partial charge in [0.25, 0.3) is 0 Å². The zero-order valence-electron chi connectivity index (χ0n) is 10.8. The Labute approximate surface area is 110 Å². The van der Waals surface area contributed by atoms with E-state index in [0.29, 0.717) is 5.56 Å². The molecule has 0 aliphatic heterocycles. The van der Waals surface area contributed by atoms with Crippen LogP contribution >= 0.6 is 0 Å². The summed E-state index contributed by atoms with van der Waals surface area (Å²) in [6.07, 6.45) is 1.49. The average Bonchev–Trinajstić information content (AvgIpc) is 2.81. The SMILES string of the molecule is CCOC(=O)c1cn(C)nc1C(=O)c1ccccc1. The molecule has 0 atom stereocenters. The minimum atomic E-state index is -0.533. The minimum Gasteiger partial charge on any atom is -0.462 e. The topological polar surface area (TPSA) is 61.2 Å². The standard InChI is InChI=1S/C14H14N2O3/c1-3-19-14(18)11-9-16(2)15-12(11)13(17)10-7-5-4-6-8-10/h4-9H,3H2,1-2H3. The summed E-state index contributed by atoms with van der Waals surface area (Å²) in [7, 11) is 1.66. The molecule has 0 bridgehead atoms. The summed E-state index contributed by atoms with van der Waals surface area (Å²) in [6, 6.07) is 8.72. The van der Waals surface area contributed by atoms with Crippen molar-refractivity contribution in [3.63, 3.8) is 0 Å². The maximum Gasteiger partial charge on any atom is 0.342 e. The molecule has 0 spiro atoms. The number of carbonyl (C=O) groups is 2. The zero-order chi connectivity index (χ0) is 13.8. The molecule has 0 N–H and O–H groups in total. The number of aryl methyl sites for hydroxylation is 1. The van der Waals surface area contributed by atoms with Crippen molar-refractivity contribution >= 4 is 11.8 Å². The van der Waals surface area contributed by atoms with Gasteiger partial charge in [0.1, 0.15) is 11.3 Å². The third-order valence-corrected chi connectivity index (χ3v) is 2.58. The number of ketones is 1. The van der Waals surface area contributed by atoms with Crippen LogP contribution in [0.3, 0.4) is 0 Å². The largest absolute Gasteiger partial charge is 0.462 e. The van der Waals surface area contributed by atoms with Crippen molar-refractivity contribution in [1.29, 1.82) is 0 Å². The van der Waals surface area contributed by atoms with Gasteiger partial charge >= 0.3 is 5.97 Å². The van der Waals surface area contributed by atoms with E-state index in [0.717, 1.165) is 0 Å². The highest BCUT2D eigenvalue weighted by Crippen LogP contribution is 2.14. The molecule has 2 aromatic rings. The Bertz CT molecular complexity index is 602. The summed E-state index contributed by atoms with van der Waals surface area (Å²) in [6.45, 7) is 1.97. The first-order valence-corrected chi connectivity index (χ1v) is 5.94. The van der Waals surface area contributed by atoms with Gasteiger partial charge in [-0.3, -0.25) is 9.48 Å². The summed E-state index contributed by atoms with van der Waals surface area (Å²) >= 11 is 0. The highest BCUT2D eigenvalue weighted by molar-refractivity contribution is 6.13. The van der Waals surface area contributed by atoms with E-state index >= 15 is 0 Å². The van der Waals surface area contributed by atoms with E-state index in [9.17, 15) is 9.59 Å². The molecule has 0 radical (unpaired) electrons. The van der Waals surface area contributed by atoms with Crippen LogP contribution in [-0.2, 0) is 11.8 Å². The van der Waals surface area contributed by atoms with Gasteiger partial charge in [0.05, 0.1) is 6.61 Å². The number of rotatable bonds is 4. The second-order valence-electron chi connectivity index (χ2n) is 3.98. The van der Waals surface area contributed by atoms with Gasteiger partial charge in [-0.15, -0.1) is 0 Å². The molecule has 1 heterocycles. The Morgan fingerprint density at radius 1 is 1.26 bits per heavy atom. The smallest absolute Gasteiger partial charge is 0.342 e. The van der Waals surface area contributed by atoms with Crippen molar-refractivity contribution < 1.29 is 14.3 Å². The van der Waals surface area contributed by atoms with Crippen LogP contribution in [0.25, 0.3) is 0 Å². The first-order valence-electron chi connectivity index (χ1n) is 5.94. The first kappa shape index (κ1) is 13.0. The summed E-state index contributed by atoms with van der Waals surface area (Å²) in [4.78, 5) is 24.1. The maximum absolute atomic E-state index is 12.3. The molecule has 1 aromatic carbocycles. The second kappa shape index (κ2) is 5.48. The Morgan fingerprint density at radius 2 is 1.95 bits per heavy atom. The van der Waals surface area contributed by atoms with E-state index in [1.54, 1.807) is 38.2 Å². The second-order valence-corrected chi connectivity index (χ2v) is 3.98. The number of hydrogen-bond donors (Lipinski definition) is 0. The highest BCUT2D eigenvalue weighted by atomic mass is 16.5. The van der Waals surface area contributed by atoms with E-state index in [1.165, 1.54) is 10.9 Å². The zero-order valence-corrected chi connectivity index (χ0v) is 10.8. The molecule has 19 heavy (non-hydrogen) atoms. The molecule has 0 unspecified atom stereocenters. The van der Waals surface area contributed by atoms with E-state index in [-0.39, 0.29) is 23.6 Å². The summed E-state index contributed by atoms with van der Waals surface area (Å²) < 4.78 is 6.36. The number of nitrogens with zero attached hydrogens (tertiary/aromatic N) is 2. The van der Waals surface area contributed by atoms with E-state index in [2.05, 4.69) is 5.10 Å². The normalized spacial score (nSPS) is 10.2. The Kier molecular flexibility index (Phi) is 3.75. The number of ether oxygens (including phenoxy) is 1. The van der Waals surface area contributed by atoms with Crippen molar-refractivity contribution in [2.75, 3.05) is 6.61 Å².